The number of sulfonamides is 1. The van der Waals surface area contributed by atoms with Crippen molar-refractivity contribution in [1.82, 2.24) is 35.5 Å². The molecule has 1 aromatic carbocycles. The predicted octanol–water partition coefficient (Wildman–Crippen LogP) is 3.58. The third-order valence-electron chi connectivity index (χ3n) is 11.1. The van der Waals surface area contributed by atoms with E-state index in [1.54, 1.807) is 59.7 Å². The number of H-pyrrole nitrogens is 1. The zero-order chi connectivity index (χ0) is 40.8. The van der Waals surface area contributed by atoms with Crippen molar-refractivity contribution in [3.8, 4) is 6.01 Å². The van der Waals surface area contributed by atoms with E-state index in [1.165, 1.54) is 4.90 Å². The molecule has 16 nitrogen and oxygen atoms in total. The highest BCUT2D eigenvalue weighted by molar-refractivity contribution is 7.91. The maximum atomic E-state index is 14.5. The van der Waals surface area contributed by atoms with Crippen molar-refractivity contribution < 1.29 is 41.9 Å². The Morgan fingerprint density at radius 3 is 2.43 bits per heavy atom. The van der Waals surface area contributed by atoms with Crippen molar-refractivity contribution in [1.29, 1.82) is 0 Å². The van der Waals surface area contributed by atoms with E-state index in [1.807, 2.05) is 19.1 Å². The number of hydrogen-bond donors (Lipinski definition) is 5. The summed E-state index contributed by atoms with van der Waals surface area (Å²) in [7, 11) is -4.10. The van der Waals surface area contributed by atoms with Gasteiger partial charge in [-0.3, -0.25) is 23.9 Å². The number of carbonyl (C=O) groups is 5. The molecule has 0 unspecified atom stereocenters. The fourth-order valence-electron chi connectivity index (χ4n) is 7.70. The third kappa shape index (κ3) is 8.51. The molecular weight excluding hydrogens is 743 g/mol. The summed E-state index contributed by atoms with van der Waals surface area (Å²) in [5.74, 6) is -2.70. The van der Waals surface area contributed by atoms with Crippen molar-refractivity contribution in [2.75, 3.05) is 13.1 Å². The van der Waals surface area contributed by atoms with Crippen LogP contribution in [-0.4, -0.2) is 100 Å². The minimum absolute atomic E-state index is 0.0197. The Bertz CT molecular complexity index is 2030. The topological polar surface area (TPSA) is 218 Å². The van der Waals surface area contributed by atoms with Crippen LogP contribution in [0.15, 0.2) is 30.4 Å². The molecule has 5 atom stereocenters. The number of aromatic amines is 1. The Morgan fingerprint density at radius 2 is 1.79 bits per heavy atom. The van der Waals surface area contributed by atoms with Crippen molar-refractivity contribution in [3.05, 3.63) is 35.9 Å². The summed E-state index contributed by atoms with van der Waals surface area (Å²) in [5, 5.41) is 8.47. The number of likely N-dealkylation sites (tertiary alicyclic amines) is 1. The van der Waals surface area contributed by atoms with Crippen LogP contribution in [0.5, 0.6) is 6.01 Å². The fraction of sp³-hybridized carbons (Fsp3) is 0.641. The van der Waals surface area contributed by atoms with E-state index in [0.29, 0.717) is 61.7 Å². The van der Waals surface area contributed by atoms with Gasteiger partial charge in [-0.15, -0.1) is 0 Å². The number of hydrogen-bond acceptors (Lipinski definition) is 10. The SMILES string of the molecule is CC[C@@H]1C[C@@]12NC(=O)[C@@H]1C[C@H](CN1C(=O)[C@@H](NC(=O)OC(C)(C)C)C(C)(C)C)Oc1nc3c(cccc3[nH]1)C(=O)NCC/C=C/CCC1(CC1)S(=O)(=O)NC2=O. The molecule has 306 valence electrons. The quantitative estimate of drug-likeness (QED) is 0.285. The molecule has 3 heterocycles. The fourth-order valence-corrected chi connectivity index (χ4v) is 9.36. The van der Waals surface area contributed by atoms with E-state index in [4.69, 9.17) is 9.47 Å². The number of alkyl carbamates (subject to hydrolysis) is 1. The molecule has 0 radical (unpaired) electrons. The van der Waals surface area contributed by atoms with Crippen molar-refractivity contribution >= 4 is 50.8 Å². The first-order valence-corrected chi connectivity index (χ1v) is 20.9. The summed E-state index contributed by atoms with van der Waals surface area (Å²) in [6.07, 6.45) is 4.98. The second-order valence-electron chi connectivity index (χ2n) is 17.6. The third-order valence-corrected chi connectivity index (χ3v) is 13.3. The number of rotatable bonds is 3. The lowest BCUT2D eigenvalue weighted by atomic mass is 9.85. The molecule has 5 N–H and O–H groups in total. The Kier molecular flexibility index (Phi) is 11.0. The van der Waals surface area contributed by atoms with Crippen molar-refractivity contribution in [2.24, 2.45) is 11.3 Å². The average Bonchev–Trinajstić information content (AvgIpc) is 3.95. The molecule has 6 rings (SSSR count). The number of aromatic nitrogens is 2. The molecule has 2 aromatic rings. The molecule has 1 aromatic heterocycles. The van der Waals surface area contributed by atoms with Gasteiger partial charge in [0, 0.05) is 13.0 Å². The second kappa shape index (κ2) is 15.0. The Balaban J connectivity index is 1.35. The first-order valence-electron chi connectivity index (χ1n) is 19.5. The number of benzene rings is 1. The normalized spacial score (nSPS) is 27.8. The summed E-state index contributed by atoms with van der Waals surface area (Å²) in [6, 6.07) is 2.89. The Morgan fingerprint density at radius 1 is 1.07 bits per heavy atom. The maximum Gasteiger partial charge on any atom is 0.408 e. The van der Waals surface area contributed by atoms with Gasteiger partial charge in [-0.25, -0.2) is 13.2 Å². The van der Waals surface area contributed by atoms with Gasteiger partial charge >= 0.3 is 6.09 Å². The van der Waals surface area contributed by atoms with Gasteiger partial charge in [0.15, 0.2) is 0 Å². The van der Waals surface area contributed by atoms with Crippen LogP contribution in [0, 0.1) is 11.3 Å². The highest BCUT2D eigenvalue weighted by Crippen LogP contribution is 2.50. The number of para-hydroxylation sites is 1. The monoisotopic (exact) mass is 797 g/mol. The smallest absolute Gasteiger partial charge is 0.408 e. The lowest BCUT2D eigenvalue weighted by Crippen LogP contribution is -2.60. The number of nitrogens with zero attached hydrogens (tertiary/aromatic N) is 2. The lowest BCUT2D eigenvalue weighted by Gasteiger charge is -2.36. The zero-order valence-electron chi connectivity index (χ0n) is 33.2. The molecular formula is C39H55N7O9S. The van der Waals surface area contributed by atoms with E-state index in [-0.39, 0.29) is 37.2 Å². The van der Waals surface area contributed by atoms with Crippen LogP contribution in [0.3, 0.4) is 0 Å². The van der Waals surface area contributed by atoms with E-state index in [9.17, 15) is 32.4 Å². The molecule has 17 heteroatoms. The predicted molar refractivity (Wildman–Crippen MR) is 207 cm³/mol. The number of carbonyl (C=O) groups excluding carboxylic acids is 5. The van der Waals surface area contributed by atoms with Gasteiger partial charge < -0.3 is 35.3 Å². The molecule has 2 aliphatic carbocycles. The van der Waals surface area contributed by atoms with Gasteiger partial charge in [-0.05, 0) is 82.8 Å². The van der Waals surface area contributed by atoms with Crippen LogP contribution in [-0.2, 0) is 29.1 Å². The van der Waals surface area contributed by atoms with Gasteiger partial charge in [0.25, 0.3) is 17.8 Å². The van der Waals surface area contributed by atoms with Crippen LogP contribution in [0.1, 0.15) is 110 Å². The molecule has 4 aliphatic rings. The van der Waals surface area contributed by atoms with Crippen LogP contribution in [0.2, 0.25) is 0 Å². The molecule has 56 heavy (non-hydrogen) atoms. The van der Waals surface area contributed by atoms with Gasteiger partial charge in [0.2, 0.25) is 21.8 Å². The highest BCUT2D eigenvalue weighted by Gasteiger charge is 2.63. The van der Waals surface area contributed by atoms with E-state index in [2.05, 4.69) is 30.6 Å². The summed E-state index contributed by atoms with van der Waals surface area (Å²) in [4.78, 5) is 78.2. The zero-order valence-corrected chi connectivity index (χ0v) is 34.1. The maximum absolute atomic E-state index is 14.5. The van der Waals surface area contributed by atoms with E-state index in [0.717, 1.165) is 0 Å². The van der Waals surface area contributed by atoms with Crippen molar-refractivity contribution in [3.63, 3.8) is 0 Å². The molecule has 2 spiro atoms. The minimum Gasteiger partial charge on any atom is -0.459 e. The first kappa shape index (κ1) is 41.0. The number of allylic oxidation sites excluding steroid dienone is 1. The van der Waals surface area contributed by atoms with Gasteiger partial charge in [0.1, 0.15) is 34.8 Å². The average molecular weight is 798 g/mol. The Hall–Kier alpha value is -4.67. The standard InChI is InChI=1S/C39H55N7O9S/c1-8-23-21-39(23)33(50)45-56(52,53)38(17-18-38)16-11-9-10-12-19-40-30(47)25-14-13-15-26-28(25)42-34(41-26)54-24-20-27(31(48)44-39)46(22-24)32(49)29(36(2,3)4)43-35(51)55-37(5,6)7/h9-10,13-15,23-24,27,29H,8,11-12,16-22H2,1-7H3,(H,40,47)(H,41,42)(H,43,51)(H,44,48)(H,45,50)/b10-9+/t23-,24-,27+,29-,39-/m1/s1. The number of nitrogens with one attached hydrogen (secondary N) is 5. The minimum atomic E-state index is -4.10. The second-order valence-corrected chi connectivity index (χ2v) is 19.7. The van der Waals surface area contributed by atoms with E-state index < -0.39 is 73.3 Å². The highest BCUT2D eigenvalue weighted by atomic mass is 32.2. The van der Waals surface area contributed by atoms with Crippen LogP contribution < -0.4 is 25.4 Å². The lowest BCUT2D eigenvalue weighted by molar-refractivity contribution is -0.143. The molecule has 2 saturated carbocycles. The number of amides is 5. The molecule has 3 fully saturated rings. The molecule has 5 amide bonds. The van der Waals surface area contributed by atoms with Crippen LogP contribution in [0.25, 0.3) is 11.0 Å². The first-order chi connectivity index (χ1) is 26.2. The summed E-state index contributed by atoms with van der Waals surface area (Å²) < 4.78 is 40.4. The summed E-state index contributed by atoms with van der Waals surface area (Å²) in [5.41, 5.74) is -1.91. The number of imidazole rings is 1. The van der Waals surface area contributed by atoms with Crippen LogP contribution >= 0.6 is 0 Å². The molecule has 2 aliphatic heterocycles. The Labute approximate surface area is 327 Å². The summed E-state index contributed by atoms with van der Waals surface area (Å²) in [6.45, 7) is 12.5. The summed E-state index contributed by atoms with van der Waals surface area (Å²) >= 11 is 0. The number of ether oxygens (including phenoxy) is 2. The largest absolute Gasteiger partial charge is 0.459 e. The van der Waals surface area contributed by atoms with Gasteiger partial charge in [-0.1, -0.05) is 52.3 Å². The van der Waals surface area contributed by atoms with Gasteiger partial charge in [-0.2, -0.15) is 4.98 Å². The molecule has 4 bridgehead atoms. The van der Waals surface area contributed by atoms with Crippen molar-refractivity contribution in [2.45, 2.75) is 134 Å². The number of fused-ring (bicyclic) bond motifs is 3. The van der Waals surface area contributed by atoms with E-state index >= 15 is 0 Å². The van der Waals surface area contributed by atoms with Gasteiger partial charge in [0.05, 0.1) is 22.4 Å². The van der Waals surface area contributed by atoms with Crippen LogP contribution in [0.4, 0.5) is 4.79 Å². The molecule has 1 saturated heterocycles.